The van der Waals surface area contributed by atoms with Crippen molar-refractivity contribution in [2.45, 2.75) is 18.8 Å². The summed E-state index contributed by atoms with van der Waals surface area (Å²) < 4.78 is 27.4. The van der Waals surface area contributed by atoms with Gasteiger partial charge in [-0.1, -0.05) is 11.8 Å². The highest BCUT2D eigenvalue weighted by atomic mass is 32.1. The van der Waals surface area contributed by atoms with Crippen molar-refractivity contribution in [1.82, 2.24) is 13.6 Å². The normalized spacial score (nSPS) is 25.1. The Morgan fingerprint density at radius 1 is 1.25 bits per heavy atom. The van der Waals surface area contributed by atoms with Crippen LogP contribution in [-0.2, 0) is 0 Å². The quantitative estimate of drug-likeness (QED) is 0.803. The zero-order chi connectivity index (χ0) is 16.4. The van der Waals surface area contributed by atoms with E-state index < -0.39 is 0 Å². The fourth-order valence-corrected chi connectivity index (χ4v) is 4.17. The van der Waals surface area contributed by atoms with E-state index >= 15 is 0 Å². The summed E-state index contributed by atoms with van der Waals surface area (Å²) in [5.74, 6) is 7.41. The molecule has 1 unspecified atom stereocenters. The van der Waals surface area contributed by atoms with Crippen LogP contribution in [0.1, 0.15) is 30.0 Å². The third kappa shape index (κ3) is 3.28. The summed E-state index contributed by atoms with van der Waals surface area (Å²) in [4.78, 5) is 2.51. The van der Waals surface area contributed by atoms with Crippen LogP contribution in [0.5, 0.6) is 5.88 Å². The molecule has 24 heavy (non-hydrogen) atoms. The van der Waals surface area contributed by atoms with Gasteiger partial charge in [-0.15, -0.1) is 4.37 Å². The largest absolute Gasteiger partial charge is 0.463 e. The number of fused-ring (bicyclic) bond motifs is 2. The lowest BCUT2D eigenvalue weighted by molar-refractivity contribution is 0.269. The number of ether oxygens (including phenoxy) is 1. The lowest BCUT2D eigenvalue weighted by Gasteiger charge is -2.21. The maximum Gasteiger partial charge on any atom is 0.250 e. The first-order chi connectivity index (χ1) is 11.8. The Bertz CT molecular complexity index is 765. The number of halogens is 1. The summed E-state index contributed by atoms with van der Waals surface area (Å²) >= 11 is 1.21. The Kier molecular flexibility index (Phi) is 4.46. The molecule has 2 aliphatic heterocycles. The zero-order valence-corrected chi connectivity index (χ0v) is 14.1. The van der Waals surface area contributed by atoms with E-state index in [-0.39, 0.29) is 12.4 Å². The molecule has 2 saturated heterocycles. The van der Waals surface area contributed by atoms with Gasteiger partial charge in [0.15, 0.2) is 6.61 Å². The number of benzene rings is 1. The van der Waals surface area contributed by atoms with E-state index in [1.54, 1.807) is 12.1 Å². The van der Waals surface area contributed by atoms with Gasteiger partial charge in [0.2, 0.25) is 5.88 Å². The maximum absolute atomic E-state index is 12.9. The van der Waals surface area contributed by atoms with Crippen LogP contribution >= 0.6 is 11.7 Å². The van der Waals surface area contributed by atoms with Gasteiger partial charge in [-0.25, -0.2) is 4.39 Å². The summed E-state index contributed by atoms with van der Waals surface area (Å²) in [6.07, 6.45) is 2.54. The summed E-state index contributed by atoms with van der Waals surface area (Å²) in [5, 5.41) is 0. The maximum atomic E-state index is 12.9. The summed E-state index contributed by atoms with van der Waals surface area (Å²) in [7, 11) is 0. The number of nitrogens with zero attached hydrogens (tertiary/aromatic N) is 3. The third-order valence-corrected chi connectivity index (χ3v) is 5.28. The number of piperidine rings is 1. The molecule has 2 aromatic rings. The first kappa shape index (κ1) is 15.6. The molecule has 3 atom stereocenters. The minimum absolute atomic E-state index is 0.257. The van der Waals surface area contributed by atoms with Crippen molar-refractivity contribution < 1.29 is 9.13 Å². The average Bonchev–Trinajstić information content (AvgIpc) is 3.17. The Hall–Kier alpha value is -1.97. The van der Waals surface area contributed by atoms with Crippen molar-refractivity contribution in [3.05, 3.63) is 41.3 Å². The molecule has 2 fully saturated rings. The van der Waals surface area contributed by atoms with E-state index in [9.17, 15) is 4.39 Å². The smallest absolute Gasteiger partial charge is 0.250 e. The molecule has 1 aromatic carbocycles. The summed E-state index contributed by atoms with van der Waals surface area (Å²) in [6, 6.07) is 6.12. The minimum atomic E-state index is -0.257. The second-order valence-corrected chi connectivity index (χ2v) is 6.85. The Labute approximate surface area is 145 Å². The molecule has 0 radical (unpaired) electrons. The van der Waals surface area contributed by atoms with Gasteiger partial charge < -0.3 is 9.64 Å². The SMILES string of the molecule is Fc1ccc(C#CCOc2nsnc2[C@@H]2CN3CCC[C@H]2C3)cc1. The zero-order valence-electron chi connectivity index (χ0n) is 13.2. The molecule has 3 heterocycles. The summed E-state index contributed by atoms with van der Waals surface area (Å²) in [6.45, 7) is 3.69. The van der Waals surface area contributed by atoms with Gasteiger partial charge in [-0.3, -0.25) is 0 Å². The molecule has 0 N–H and O–H groups in total. The number of rotatable bonds is 3. The predicted molar refractivity (Wildman–Crippen MR) is 90.6 cm³/mol. The van der Waals surface area contributed by atoms with Crippen molar-refractivity contribution in [3.8, 4) is 17.7 Å². The van der Waals surface area contributed by atoms with Gasteiger partial charge in [0.05, 0.1) is 11.7 Å². The topological polar surface area (TPSA) is 38.3 Å². The Balaban J connectivity index is 1.40. The van der Waals surface area contributed by atoms with Crippen LogP contribution in [0.3, 0.4) is 0 Å². The van der Waals surface area contributed by atoms with Gasteiger partial charge in [0.25, 0.3) is 0 Å². The molecular formula is C18H18FN3OS. The lowest BCUT2D eigenvalue weighted by Crippen LogP contribution is -2.25. The van der Waals surface area contributed by atoms with E-state index in [1.807, 2.05) is 0 Å². The van der Waals surface area contributed by atoms with Crippen molar-refractivity contribution in [2.24, 2.45) is 5.92 Å². The first-order valence-electron chi connectivity index (χ1n) is 8.21. The van der Waals surface area contributed by atoms with Crippen molar-refractivity contribution in [3.63, 3.8) is 0 Å². The molecule has 0 spiro atoms. The first-order valence-corrected chi connectivity index (χ1v) is 8.94. The standard InChI is InChI=1S/C18H18FN3OS/c19-15-7-5-13(6-8-15)3-2-10-23-18-17(20-24-21-18)16-12-22-9-1-4-14(16)11-22/h5-8,14,16H,1,4,9-12H2/t14-,16+/m0/s1. The third-order valence-electron chi connectivity index (χ3n) is 4.76. The Morgan fingerprint density at radius 2 is 2.12 bits per heavy atom. The highest BCUT2D eigenvalue weighted by molar-refractivity contribution is 6.99. The molecule has 4 rings (SSSR count). The second-order valence-electron chi connectivity index (χ2n) is 6.32. The monoisotopic (exact) mass is 343 g/mol. The van der Waals surface area contributed by atoms with Crippen molar-refractivity contribution in [2.75, 3.05) is 26.2 Å². The molecule has 4 nitrogen and oxygen atoms in total. The van der Waals surface area contributed by atoms with Gasteiger partial charge >= 0.3 is 0 Å². The van der Waals surface area contributed by atoms with Crippen LogP contribution in [0.25, 0.3) is 0 Å². The van der Waals surface area contributed by atoms with Crippen LogP contribution in [0.15, 0.2) is 24.3 Å². The Morgan fingerprint density at radius 3 is 2.96 bits per heavy atom. The molecule has 124 valence electrons. The molecule has 2 aliphatic rings. The highest BCUT2D eigenvalue weighted by Gasteiger charge is 2.39. The molecule has 0 aliphatic carbocycles. The van der Waals surface area contributed by atoms with E-state index in [1.165, 1.54) is 49.8 Å². The van der Waals surface area contributed by atoms with Gasteiger partial charge in [0.1, 0.15) is 11.5 Å². The fourth-order valence-electron chi connectivity index (χ4n) is 3.61. The number of hydrogen-bond donors (Lipinski definition) is 0. The molecule has 1 aromatic heterocycles. The van der Waals surface area contributed by atoms with Crippen molar-refractivity contribution >= 4 is 11.7 Å². The molecule has 0 amide bonds. The van der Waals surface area contributed by atoms with Gasteiger partial charge in [-0.2, -0.15) is 4.37 Å². The lowest BCUT2D eigenvalue weighted by atomic mass is 9.89. The average molecular weight is 343 g/mol. The molecule has 6 heteroatoms. The van der Waals surface area contributed by atoms with Crippen LogP contribution in [0, 0.1) is 23.6 Å². The molecule has 2 bridgehead atoms. The molecule has 0 saturated carbocycles. The minimum Gasteiger partial charge on any atom is -0.463 e. The van der Waals surface area contributed by atoms with E-state index in [2.05, 4.69) is 25.5 Å². The second kappa shape index (κ2) is 6.88. The van der Waals surface area contributed by atoms with Gasteiger partial charge in [0, 0.05) is 24.6 Å². The van der Waals surface area contributed by atoms with Crippen molar-refractivity contribution in [1.29, 1.82) is 0 Å². The fraction of sp³-hybridized carbons (Fsp3) is 0.444. The predicted octanol–water partition coefficient (Wildman–Crippen LogP) is 2.92. The summed E-state index contributed by atoms with van der Waals surface area (Å²) in [5.41, 5.74) is 1.77. The van der Waals surface area contributed by atoms with Crippen LogP contribution in [0.2, 0.25) is 0 Å². The number of hydrogen-bond acceptors (Lipinski definition) is 5. The number of aromatic nitrogens is 2. The van der Waals surface area contributed by atoms with Gasteiger partial charge in [-0.05, 0) is 49.6 Å². The van der Waals surface area contributed by atoms with Crippen LogP contribution in [-0.4, -0.2) is 39.9 Å². The van der Waals surface area contributed by atoms with E-state index in [4.69, 9.17) is 4.74 Å². The highest BCUT2D eigenvalue weighted by Crippen LogP contribution is 2.40. The van der Waals surface area contributed by atoms with Crippen LogP contribution in [0.4, 0.5) is 4.39 Å². The van der Waals surface area contributed by atoms with E-state index in [0.29, 0.717) is 17.7 Å². The van der Waals surface area contributed by atoms with E-state index in [0.717, 1.165) is 17.8 Å². The molecular weight excluding hydrogens is 325 g/mol. The van der Waals surface area contributed by atoms with Crippen LogP contribution < -0.4 is 4.74 Å².